The van der Waals surface area contributed by atoms with Gasteiger partial charge in [-0.2, -0.15) is 0 Å². The number of esters is 4. The number of halogens is 1. The van der Waals surface area contributed by atoms with Crippen LogP contribution in [0.1, 0.15) is 78.2 Å². The predicted octanol–water partition coefficient (Wildman–Crippen LogP) is 5.27. The maximum atomic E-state index is 13.4. The lowest BCUT2D eigenvalue weighted by Gasteiger charge is -2.33. The van der Waals surface area contributed by atoms with E-state index < -0.39 is 65.7 Å². The maximum Gasteiger partial charge on any atom is 0.453 e. The molecule has 52 heavy (non-hydrogen) atoms. The molecule has 0 aliphatic carbocycles. The van der Waals surface area contributed by atoms with Crippen molar-refractivity contribution in [3.63, 3.8) is 0 Å². The fourth-order valence-electron chi connectivity index (χ4n) is 4.88. The number of rotatable bonds is 15. The van der Waals surface area contributed by atoms with Crippen LogP contribution in [-0.4, -0.2) is 89.4 Å². The Balaban J connectivity index is 1.87. The van der Waals surface area contributed by atoms with Crippen LogP contribution >= 0.6 is 11.6 Å². The number of nitrogens with zero attached hydrogens (tertiary/aromatic N) is 1. The number of benzene rings is 2. The monoisotopic (exact) mass is 747 g/mol. The average Bonchev–Trinajstić information content (AvgIpc) is 3.54. The van der Waals surface area contributed by atoms with Crippen LogP contribution in [0.2, 0.25) is 5.02 Å². The molecule has 1 heterocycles. The van der Waals surface area contributed by atoms with Gasteiger partial charge in [-0.05, 0) is 91.1 Å². The topological polar surface area (TPSA) is 173 Å². The molecule has 1 aliphatic rings. The van der Waals surface area contributed by atoms with Crippen molar-refractivity contribution in [2.24, 2.45) is 0 Å². The molecule has 3 rings (SSSR count). The summed E-state index contributed by atoms with van der Waals surface area (Å²) in [6, 6.07) is 13.0. The summed E-state index contributed by atoms with van der Waals surface area (Å²) in [6.45, 7) is 12.5. The Morgan fingerprint density at radius 3 is 2.00 bits per heavy atom. The van der Waals surface area contributed by atoms with Gasteiger partial charge in [0.25, 0.3) is 0 Å². The van der Waals surface area contributed by atoms with Crippen molar-refractivity contribution in [1.82, 2.24) is 4.90 Å². The number of hydrogen-bond donors (Lipinski definition) is 1. The van der Waals surface area contributed by atoms with E-state index in [0.29, 0.717) is 21.7 Å². The molecular weight excluding hydrogens is 702 g/mol. The van der Waals surface area contributed by atoms with Crippen molar-refractivity contribution in [1.29, 1.82) is 0 Å². The fourth-order valence-corrected chi connectivity index (χ4v) is 5.08. The smallest absolute Gasteiger partial charge is 0.453 e. The number of amides is 1. The molecule has 0 bridgehead atoms. The zero-order valence-corrected chi connectivity index (χ0v) is 31.3. The summed E-state index contributed by atoms with van der Waals surface area (Å²) in [5, 5.41) is 11.5. The Morgan fingerprint density at radius 1 is 0.885 bits per heavy atom. The second-order valence-electron chi connectivity index (χ2n) is 12.9. The molecule has 0 radical (unpaired) electrons. The van der Waals surface area contributed by atoms with Crippen LogP contribution in [0.25, 0.3) is 5.76 Å². The molecule has 0 fully saturated rings. The summed E-state index contributed by atoms with van der Waals surface area (Å²) in [6.07, 6.45) is -3.34. The van der Waals surface area contributed by atoms with E-state index in [2.05, 4.69) is 0 Å². The minimum atomic E-state index is -2.88. The molecule has 1 N–H and O–H groups in total. The number of hydrogen-bond acceptors (Lipinski definition) is 13. The van der Waals surface area contributed by atoms with E-state index in [-0.39, 0.29) is 31.9 Å². The van der Waals surface area contributed by atoms with Gasteiger partial charge in [0, 0.05) is 16.6 Å². The minimum Gasteiger partial charge on any atom is -0.463 e. The fraction of sp³-hybridized carbons (Fsp3) is 0.486. The van der Waals surface area contributed by atoms with Gasteiger partial charge in [0.2, 0.25) is 0 Å². The van der Waals surface area contributed by atoms with Gasteiger partial charge in [0.1, 0.15) is 11.9 Å². The van der Waals surface area contributed by atoms with Crippen LogP contribution < -0.4 is 0 Å². The van der Waals surface area contributed by atoms with Gasteiger partial charge < -0.3 is 43.2 Å². The number of ether oxygens (including phenoxy) is 7. The quantitative estimate of drug-likeness (QED) is 0.142. The average molecular weight is 748 g/mol. The molecule has 15 heteroatoms. The summed E-state index contributed by atoms with van der Waals surface area (Å²) in [4.78, 5) is 66.1. The van der Waals surface area contributed by atoms with Gasteiger partial charge in [-0.1, -0.05) is 41.9 Å². The molecule has 0 saturated carbocycles. The summed E-state index contributed by atoms with van der Waals surface area (Å²) >= 11 is 6.13. The van der Waals surface area contributed by atoms with Crippen molar-refractivity contribution < 1.29 is 62.2 Å². The van der Waals surface area contributed by atoms with E-state index in [0.717, 1.165) is 6.26 Å². The van der Waals surface area contributed by atoms with E-state index in [1.807, 2.05) is 0 Å². The zero-order valence-electron chi connectivity index (χ0n) is 30.5. The summed E-state index contributed by atoms with van der Waals surface area (Å²) in [7, 11) is 0. The highest BCUT2D eigenvalue weighted by atomic mass is 35.5. The Labute approximate surface area is 307 Å². The zero-order chi connectivity index (χ0) is 38.8. The molecule has 0 spiro atoms. The van der Waals surface area contributed by atoms with Crippen molar-refractivity contribution in [3.05, 3.63) is 76.5 Å². The van der Waals surface area contributed by atoms with Crippen LogP contribution in [0.4, 0.5) is 4.79 Å². The lowest BCUT2D eigenvalue weighted by atomic mass is 10.0. The second-order valence-corrected chi connectivity index (χ2v) is 13.3. The first kappa shape index (κ1) is 41.6. The number of aliphatic hydroxyl groups excluding tert-OH is 1. The summed E-state index contributed by atoms with van der Waals surface area (Å²) in [5.74, 6) is -7.60. The van der Waals surface area contributed by atoms with Crippen LogP contribution in [0.5, 0.6) is 0 Å². The third kappa shape index (κ3) is 11.1. The predicted molar refractivity (Wildman–Crippen MR) is 186 cm³/mol. The van der Waals surface area contributed by atoms with Gasteiger partial charge >= 0.3 is 35.8 Å². The van der Waals surface area contributed by atoms with Gasteiger partial charge in [0.05, 0.1) is 25.9 Å². The standard InChI is InChI=1S/C37H46ClNO13/c1-9-46-31(41)23(4)49-33(43)37(34(44)50-24(5)32(42)47-10-2)48-21-30(51-37)27-15-11-13-25(18-27)17-22(3)39(35(45)52-36(6,7)8)20-29(40)26-14-12-16-28(38)19-26/h11-16,18-19,21-24,29,40H,9-10,17,20H2,1-8H3. The van der Waals surface area contributed by atoms with Crippen molar-refractivity contribution >= 4 is 47.3 Å². The van der Waals surface area contributed by atoms with E-state index >= 15 is 0 Å². The summed E-state index contributed by atoms with van der Waals surface area (Å²) < 4.78 is 37.1. The molecule has 4 unspecified atom stereocenters. The first-order chi connectivity index (χ1) is 24.4. The van der Waals surface area contributed by atoms with Gasteiger partial charge in [-0.3, -0.25) is 0 Å². The maximum absolute atomic E-state index is 13.4. The third-order valence-corrected chi connectivity index (χ3v) is 7.67. The third-order valence-electron chi connectivity index (χ3n) is 7.43. The molecule has 4 atom stereocenters. The van der Waals surface area contributed by atoms with Crippen molar-refractivity contribution in [2.75, 3.05) is 19.8 Å². The van der Waals surface area contributed by atoms with Crippen molar-refractivity contribution in [2.45, 2.75) is 97.6 Å². The second kappa shape index (κ2) is 18.1. The van der Waals surface area contributed by atoms with E-state index in [9.17, 15) is 29.1 Å². The van der Waals surface area contributed by atoms with Crippen LogP contribution in [0, 0.1) is 0 Å². The van der Waals surface area contributed by atoms with E-state index in [1.54, 1.807) is 90.1 Å². The Bertz CT molecular complexity index is 1600. The molecule has 284 valence electrons. The number of carbonyl (C=O) groups is 5. The normalized spacial score (nSPS) is 17.5. The minimum absolute atomic E-state index is 0.0106. The lowest BCUT2D eigenvalue weighted by Crippen LogP contribution is -2.52. The highest BCUT2D eigenvalue weighted by Gasteiger charge is 2.60. The first-order valence-corrected chi connectivity index (χ1v) is 17.1. The molecule has 14 nitrogen and oxygen atoms in total. The Morgan fingerprint density at radius 2 is 1.46 bits per heavy atom. The SMILES string of the molecule is CCOC(=O)C(C)OC(=O)C1(C(=O)OC(C)C(=O)OCC)OC=C(c2cccc(CC(C)N(CC(O)c3cccc(Cl)c3)C(=O)OC(C)(C)C)c2)O1. The van der Waals surface area contributed by atoms with E-state index in [1.165, 1.54) is 18.7 Å². The lowest BCUT2D eigenvalue weighted by molar-refractivity contribution is -0.223. The van der Waals surface area contributed by atoms with Gasteiger partial charge in [0.15, 0.2) is 18.0 Å². The molecule has 0 saturated heterocycles. The molecule has 1 amide bonds. The molecule has 2 aromatic rings. The highest BCUT2D eigenvalue weighted by Crippen LogP contribution is 2.35. The molecule has 1 aliphatic heterocycles. The first-order valence-electron chi connectivity index (χ1n) is 16.8. The van der Waals surface area contributed by atoms with Gasteiger partial charge in [-0.25, -0.2) is 24.0 Å². The molecule has 2 aromatic carbocycles. The Kier molecular flexibility index (Phi) is 14.5. The van der Waals surface area contributed by atoms with Gasteiger partial charge in [-0.15, -0.1) is 0 Å². The number of aliphatic hydroxyl groups is 1. The Hall–Kier alpha value is -4.82. The molecular formula is C37H46ClNO13. The largest absolute Gasteiger partial charge is 0.463 e. The van der Waals surface area contributed by atoms with Crippen LogP contribution in [0.3, 0.4) is 0 Å². The van der Waals surface area contributed by atoms with Crippen LogP contribution in [-0.2, 0) is 58.8 Å². The van der Waals surface area contributed by atoms with Crippen LogP contribution in [0.15, 0.2) is 54.8 Å². The van der Waals surface area contributed by atoms with E-state index in [4.69, 9.17) is 44.8 Å². The highest BCUT2D eigenvalue weighted by molar-refractivity contribution is 6.30. The van der Waals surface area contributed by atoms with Crippen molar-refractivity contribution in [3.8, 4) is 0 Å². The number of carbonyl (C=O) groups excluding carboxylic acids is 5. The molecule has 0 aromatic heterocycles. The summed E-state index contributed by atoms with van der Waals surface area (Å²) in [5.41, 5.74) is 0.760.